The first-order valence-electron chi connectivity index (χ1n) is 7.29. The number of ether oxygens (including phenoxy) is 1. The predicted octanol–water partition coefficient (Wildman–Crippen LogP) is 1.79. The number of aliphatic hydroxyl groups excluding tert-OH is 2. The van der Waals surface area contributed by atoms with Gasteiger partial charge in [0.1, 0.15) is 12.4 Å². The number of rotatable bonds is 3. The molecule has 0 amide bonds. The van der Waals surface area contributed by atoms with Gasteiger partial charge in [0.25, 0.3) is 0 Å². The number of aliphatic hydroxyl groups is 2. The molecular weight excluding hydrogens is 290 g/mol. The van der Waals surface area contributed by atoms with Crippen molar-refractivity contribution in [1.29, 1.82) is 0 Å². The van der Waals surface area contributed by atoms with E-state index in [1.165, 1.54) is 5.57 Å². The lowest BCUT2D eigenvalue weighted by molar-refractivity contribution is 0.000703. The lowest BCUT2D eigenvalue weighted by Crippen LogP contribution is -2.45. The molecule has 0 saturated carbocycles. The van der Waals surface area contributed by atoms with Gasteiger partial charge in [-0.3, -0.25) is 4.90 Å². The highest BCUT2D eigenvalue weighted by molar-refractivity contribution is 6.30. The molecule has 3 rings (SSSR count). The molecule has 0 radical (unpaired) electrons. The second kappa shape index (κ2) is 6.36. The third kappa shape index (κ3) is 3.40. The number of hydrogen-bond donors (Lipinski definition) is 2. The van der Waals surface area contributed by atoms with E-state index < -0.39 is 6.10 Å². The van der Waals surface area contributed by atoms with Crippen molar-refractivity contribution < 1.29 is 14.9 Å². The Bertz CT molecular complexity index is 546. The number of piperidine rings is 1. The molecule has 2 heterocycles. The van der Waals surface area contributed by atoms with Gasteiger partial charge in [-0.2, -0.15) is 0 Å². The Kier molecular flexibility index (Phi) is 4.50. The van der Waals surface area contributed by atoms with E-state index in [0.29, 0.717) is 18.2 Å². The first-order chi connectivity index (χ1) is 10.2. The molecular formula is C16H20ClNO3. The van der Waals surface area contributed by atoms with E-state index in [1.54, 1.807) is 0 Å². The Labute approximate surface area is 129 Å². The summed E-state index contributed by atoms with van der Waals surface area (Å²) in [6, 6.07) is 5.62. The van der Waals surface area contributed by atoms with E-state index in [0.717, 1.165) is 30.8 Å². The van der Waals surface area contributed by atoms with Crippen LogP contribution in [0.3, 0.4) is 0 Å². The fourth-order valence-corrected chi connectivity index (χ4v) is 3.16. The number of β-amino-alcohol motifs (C(OH)–C–C–N with tert-alkyl or cyclic N) is 1. The third-order valence-electron chi connectivity index (χ3n) is 4.21. The summed E-state index contributed by atoms with van der Waals surface area (Å²) in [5, 5.41) is 19.9. The van der Waals surface area contributed by atoms with Crippen molar-refractivity contribution in [1.82, 2.24) is 4.90 Å². The molecule has 0 unspecified atom stereocenters. The number of halogens is 1. The molecule has 114 valence electrons. The van der Waals surface area contributed by atoms with Crippen LogP contribution in [-0.2, 0) is 0 Å². The lowest BCUT2D eigenvalue weighted by atomic mass is 9.94. The minimum atomic E-state index is -0.449. The Hall–Kier alpha value is -1.07. The molecule has 1 fully saturated rings. The van der Waals surface area contributed by atoms with Gasteiger partial charge in [-0.1, -0.05) is 11.6 Å². The van der Waals surface area contributed by atoms with Gasteiger partial charge in [-0.15, -0.1) is 0 Å². The van der Waals surface area contributed by atoms with E-state index >= 15 is 0 Å². The lowest BCUT2D eigenvalue weighted by Gasteiger charge is -2.35. The summed E-state index contributed by atoms with van der Waals surface area (Å²) in [6.07, 6.45) is 2.50. The van der Waals surface area contributed by atoms with Crippen LogP contribution in [0.4, 0.5) is 0 Å². The van der Waals surface area contributed by atoms with Gasteiger partial charge >= 0.3 is 0 Å². The minimum absolute atomic E-state index is 0.0115. The van der Waals surface area contributed by atoms with Crippen LogP contribution in [0.1, 0.15) is 12.0 Å². The summed E-state index contributed by atoms with van der Waals surface area (Å²) in [4.78, 5) is 2.21. The van der Waals surface area contributed by atoms with Crippen molar-refractivity contribution in [2.45, 2.75) is 12.5 Å². The molecule has 0 bridgehead atoms. The van der Waals surface area contributed by atoms with E-state index in [1.807, 2.05) is 18.2 Å². The molecule has 1 saturated heterocycles. The molecule has 2 aliphatic heterocycles. The number of likely N-dealkylation sites (tertiary alicyclic amines) is 1. The summed E-state index contributed by atoms with van der Waals surface area (Å²) in [6.45, 7) is 2.91. The largest absolute Gasteiger partial charge is 0.489 e. The van der Waals surface area contributed by atoms with E-state index in [9.17, 15) is 10.2 Å². The van der Waals surface area contributed by atoms with Gasteiger partial charge in [0.2, 0.25) is 0 Å². The van der Waals surface area contributed by atoms with Crippen molar-refractivity contribution in [3.8, 4) is 5.75 Å². The highest BCUT2D eigenvalue weighted by atomic mass is 35.5. The smallest absolute Gasteiger partial charge is 0.127 e. The molecule has 1 aromatic rings. The highest BCUT2D eigenvalue weighted by Crippen LogP contribution is 2.29. The molecule has 2 N–H and O–H groups in total. The summed E-state index contributed by atoms with van der Waals surface area (Å²) in [5.41, 5.74) is 2.19. The van der Waals surface area contributed by atoms with Gasteiger partial charge in [0.15, 0.2) is 0 Å². The maximum atomic E-state index is 9.99. The summed E-state index contributed by atoms with van der Waals surface area (Å²) < 4.78 is 5.75. The molecule has 2 atom stereocenters. The van der Waals surface area contributed by atoms with Crippen molar-refractivity contribution in [2.75, 3.05) is 32.8 Å². The van der Waals surface area contributed by atoms with Crippen LogP contribution < -0.4 is 4.74 Å². The molecule has 2 aliphatic rings. The van der Waals surface area contributed by atoms with Gasteiger partial charge in [0.05, 0.1) is 6.10 Å². The molecule has 0 spiro atoms. The zero-order valence-electron chi connectivity index (χ0n) is 11.8. The van der Waals surface area contributed by atoms with Crippen LogP contribution in [-0.4, -0.2) is 54.1 Å². The average molecular weight is 310 g/mol. The summed E-state index contributed by atoms with van der Waals surface area (Å²) >= 11 is 6.02. The monoisotopic (exact) mass is 309 g/mol. The Morgan fingerprint density at radius 1 is 1.38 bits per heavy atom. The molecule has 1 aromatic carbocycles. The predicted molar refractivity (Wildman–Crippen MR) is 82.6 cm³/mol. The van der Waals surface area contributed by atoms with Crippen LogP contribution in [0, 0.1) is 5.92 Å². The van der Waals surface area contributed by atoms with Crippen LogP contribution >= 0.6 is 11.6 Å². The number of benzene rings is 1. The zero-order valence-corrected chi connectivity index (χ0v) is 12.6. The van der Waals surface area contributed by atoms with Crippen molar-refractivity contribution >= 4 is 17.7 Å². The van der Waals surface area contributed by atoms with Crippen LogP contribution in [0.2, 0.25) is 5.02 Å². The summed E-state index contributed by atoms with van der Waals surface area (Å²) in [5.74, 6) is 0.875. The van der Waals surface area contributed by atoms with E-state index in [4.69, 9.17) is 16.3 Å². The number of nitrogens with zero attached hydrogens (tertiary/aromatic N) is 1. The van der Waals surface area contributed by atoms with Gasteiger partial charge in [-0.25, -0.2) is 0 Å². The van der Waals surface area contributed by atoms with E-state index in [2.05, 4.69) is 11.0 Å². The molecule has 0 aliphatic carbocycles. The maximum absolute atomic E-state index is 9.99. The maximum Gasteiger partial charge on any atom is 0.127 e. The van der Waals surface area contributed by atoms with Crippen molar-refractivity contribution in [3.05, 3.63) is 34.4 Å². The third-order valence-corrected chi connectivity index (χ3v) is 4.45. The number of fused-ring (bicyclic) bond motifs is 1. The fraction of sp³-hybridized carbons (Fsp3) is 0.500. The highest BCUT2D eigenvalue weighted by Gasteiger charge is 2.27. The average Bonchev–Trinajstić information content (AvgIpc) is 2.47. The molecule has 0 aromatic heterocycles. The normalized spacial score (nSPS) is 26.0. The standard InChI is InChI=1S/C16H20ClNO3/c17-14-1-2-16-13(6-14)5-11(10-21-16)7-18-4-3-12(9-19)15(20)8-18/h1-2,5-6,12,15,19-20H,3-4,7-10H2/t12-,15-/m1/s1. The van der Waals surface area contributed by atoms with E-state index in [-0.39, 0.29) is 12.5 Å². The first kappa shape index (κ1) is 14.9. The van der Waals surface area contributed by atoms with Gasteiger partial charge in [-0.05, 0) is 42.8 Å². The Balaban J connectivity index is 1.66. The molecule has 21 heavy (non-hydrogen) atoms. The van der Waals surface area contributed by atoms with Crippen LogP contribution in [0.25, 0.3) is 6.08 Å². The SMILES string of the molecule is OC[C@H]1CCN(CC2=Cc3cc(Cl)ccc3OC2)C[C@H]1O. The summed E-state index contributed by atoms with van der Waals surface area (Å²) in [7, 11) is 0. The minimum Gasteiger partial charge on any atom is -0.489 e. The molecule has 4 nitrogen and oxygen atoms in total. The Morgan fingerprint density at radius 2 is 2.24 bits per heavy atom. The van der Waals surface area contributed by atoms with Crippen LogP contribution in [0.15, 0.2) is 23.8 Å². The van der Waals surface area contributed by atoms with Gasteiger partial charge in [0, 0.05) is 36.2 Å². The first-order valence-corrected chi connectivity index (χ1v) is 7.66. The topological polar surface area (TPSA) is 52.9 Å². The van der Waals surface area contributed by atoms with Crippen LogP contribution in [0.5, 0.6) is 5.75 Å². The second-order valence-corrected chi connectivity index (χ2v) is 6.24. The van der Waals surface area contributed by atoms with Crippen molar-refractivity contribution in [3.63, 3.8) is 0 Å². The zero-order chi connectivity index (χ0) is 14.8. The Morgan fingerprint density at radius 3 is 3.00 bits per heavy atom. The second-order valence-electron chi connectivity index (χ2n) is 5.81. The fourth-order valence-electron chi connectivity index (χ4n) is 2.98. The van der Waals surface area contributed by atoms with Crippen molar-refractivity contribution in [2.24, 2.45) is 5.92 Å². The number of hydrogen-bond acceptors (Lipinski definition) is 4. The van der Waals surface area contributed by atoms with Gasteiger partial charge < -0.3 is 14.9 Å². The quantitative estimate of drug-likeness (QED) is 0.894. The molecule has 5 heteroatoms.